The fraction of sp³-hybridized carbons (Fsp3) is 0.800. The van der Waals surface area contributed by atoms with Crippen molar-refractivity contribution in [2.24, 2.45) is 0 Å². The first kappa shape index (κ1) is 11.8. The van der Waals surface area contributed by atoms with Gasteiger partial charge in [-0.25, -0.2) is 0 Å². The van der Waals surface area contributed by atoms with Gasteiger partial charge < -0.3 is 29.2 Å². The maximum absolute atomic E-state index is 9.05. The SMILES string of the molecule is OCC1=C[C@H]2OCO[C@H](CO)C[C@H]2OCO1. The second-order valence-electron chi connectivity index (χ2n) is 3.71. The van der Waals surface area contributed by atoms with E-state index in [1.807, 2.05) is 0 Å². The van der Waals surface area contributed by atoms with Gasteiger partial charge in [0.05, 0.1) is 18.8 Å². The van der Waals surface area contributed by atoms with Gasteiger partial charge in [0.2, 0.25) is 0 Å². The molecule has 6 nitrogen and oxygen atoms in total. The van der Waals surface area contributed by atoms with E-state index in [1.54, 1.807) is 6.08 Å². The zero-order valence-corrected chi connectivity index (χ0v) is 8.87. The van der Waals surface area contributed by atoms with Crippen LogP contribution in [0.4, 0.5) is 0 Å². The van der Waals surface area contributed by atoms with Crippen molar-refractivity contribution in [3.8, 4) is 0 Å². The number of hydrogen-bond donors (Lipinski definition) is 2. The summed E-state index contributed by atoms with van der Waals surface area (Å²) in [6.45, 7) is -0.0619. The number of aliphatic hydroxyl groups excluding tert-OH is 2. The van der Waals surface area contributed by atoms with Gasteiger partial charge in [-0.2, -0.15) is 0 Å². The number of rotatable bonds is 2. The number of ether oxygens (including phenoxy) is 4. The van der Waals surface area contributed by atoms with Crippen LogP contribution in [-0.2, 0) is 18.9 Å². The Balaban J connectivity index is 2.07. The summed E-state index contributed by atoms with van der Waals surface area (Å²) >= 11 is 0. The third-order valence-electron chi connectivity index (χ3n) is 2.66. The van der Waals surface area contributed by atoms with E-state index in [9.17, 15) is 0 Å². The van der Waals surface area contributed by atoms with Crippen LogP contribution in [0.1, 0.15) is 6.42 Å². The topological polar surface area (TPSA) is 77.4 Å². The van der Waals surface area contributed by atoms with E-state index in [-0.39, 0.29) is 45.1 Å². The highest BCUT2D eigenvalue weighted by Crippen LogP contribution is 2.22. The lowest BCUT2D eigenvalue weighted by molar-refractivity contribution is -0.111. The molecule has 92 valence electrons. The molecule has 0 aromatic carbocycles. The molecule has 16 heavy (non-hydrogen) atoms. The smallest absolute Gasteiger partial charge is 0.189 e. The van der Waals surface area contributed by atoms with Gasteiger partial charge in [-0.1, -0.05) is 0 Å². The molecule has 0 aromatic heterocycles. The van der Waals surface area contributed by atoms with Crippen LogP contribution in [-0.4, -0.2) is 55.3 Å². The monoisotopic (exact) mass is 232 g/mol. The van der Waals surface area contributed by atoms with Crippen molar-refractivity contribution in [2.45, 2.75) is 24.7 Å². The van der Waals surface area contributed by atoms with Crippen LogP contribution in [0.25, 0.3) is 0 Å². The molecule has 2 aliphatic heterocycles. The highest BCUT2D eigenvalue weighted by Gasteiger charge is 2.31. The van der Waals surface area contributed by atoms with Gasteiger partial charge in [-0.3, -0.25) is 0 Å². The molecule has 2 heterocycles. The van der Waals surface area contributed by atoms with Gasteiger partial charge in [0.1, 0.15) is 25.3 Å². The third-order valence-corrected chi connectivity index (χ3v) is 2.66. The predicted molar refractivity (Wildman–Crippen MR) is 52.3 cm³/mol. The second kappa shape index (κ2) is 5.60. The maximum Gasteiger partial charge on any atom is 0.189 e. The highest BCUT2D eigenvalue weighted by atomic mass is 16.7. The summed E-state index contributed by atoms with van der Waals surface area (Å²) in [6, 6.07) is 0. The lowest BCUT2D eigenvalue weighted by Gasteiger charge is -2.19. The molecule has 2 N–H and O–H groups in total. The molecule has 0 aromatic rings. The highest BCUT2D eigenvalue weighted by molar-refractivity contribution is 5.03. The molecule has 1 fully saturated rings. The Morgan fingerprint density at radius 2 is 2.06 bits per heavy atom. The standard InChI is InChI=1S/C10H16O6/c11-3-7-1-9-10(16-5-13-7)2-8(4-12)14-6-15-9/h1,8-12H,2-6H2/t8-,9+,10+/m0/s1. The van der Waals surface area contributed by atoms with Gasteiger partial charge in [-0.05, 0) is 6.08 Å². The van der Waals surface area contributed by atoms with Gasteiger partial charge >= 0.3 is 0 Å². The van der Waals surface area contributed by atoms with Crippen LogP contribution in [0, 0.1) is 0 Å². The Labute approximate surface area is 93.4 Å². The van der Waals surface area contributed by atoms with Crippen LogP contribution >= 0.6 is 0 Å². The number of aliphatic hydroxyl groups is 2. The molecular weight excluding hydrogens is 216 g/mol. The Morgan fingerprint density at radius 3 is 2.81 bits per heavy atom. The molecule has 0 amide bonds. The quantitative estimate of drug-likeness (QED) is 0.659. The summed E-state index contributed by atoms with van der Waals surface area (Å²) in [6.07, 6.45) is 1.43. The van der Waals surface area contributed by atoms with E-state index in [4.69, 9.17) is 29.2 Å². The van der Waals surface area contributed by atoms with E-state index in [2.05, 4.69) is 0 Å². The minimum atomic E-state index is -0.304. The second-order valence-corrected chi connectivity index (χ2v) is 3.71. The van der Waals surface area contributed by atoms with Gasteiger partial charge in [0.15, 0.2) is 6.79 Å². The van der Waals surface area contributed by atoms with E-state index in [0.717, 1.165) is 0 Å². The molecule has 3 atom stereocenters. The van der Waals surface area contributed by atoms with Crippen molar-refractivity contribution in [2.75, 3.05) is 26.8 Å². The molecule has 2 aliphatic rings. The summed E-state index contributed by atoms with van der Waals surface area (Å²) < 4.78 is 21.3. The van der Waals surface area contributed by atoms with Crippen LogP contribution < -0.4 is 0 Å². The lowest BCUT2D eigenvalue weighted by atomic mass is 10.1. The lowest BCUT2D eigenvalue weighted by Crippen LogP contribution is -2.30. The summed E-state index contributed by atoms with van der Waals surface area (Å²) in [5.41, 5.74) is 0. The van der Waals surface area contributed by atoms with E-state index in [1.165, 1.54) is 0 Å². The number of hydrogen-bond acceptors (Lipinski definition) is 6. The Hall–Kier alpha value is -0.660. The van der Waals surface area contributed by atoms with Gasteiger partial charge in [0, 0.05) is 6.42 Å². The fourth-order valence-electron chi connectivity index (χ4n) is 1.76. The Bertz CT molecular complexity index is 254. The Kier molecular flexibility index (Phi) is 4.14. The van der Waals surface area contributed by atoms with E-state index < -0.39 is 0 Å². The van der Waals surface area contributed by atoms with Crippen molar-refractivity contribution in [1.29, 1.82) is 0 Å². The van der Waals surface area contributed by atoms with Crippen LogP contribution in [0.15, 0.2) is 11.8 Å². The third kappa shape index (κ3) is 2.72. The molecule has 1 saturated heterocycles. The summed E-state index contributed by atoms with van der Waals surface area (Å²) in [7, 11) is 0. The molecule has 0 unspecified atom stereocenters. The molecule has 2 rings (SSSR count). The van der Waals surface area contributed by atoms with Crippen molar-refractivity contribution in [3.63, 3.8) is 0 Å². The first-order chi connectivity index (χ1) is 7.83. The van der Waals surface area contributed by atoms with Gasteiger partial charge in [-0.15, -0.1) is 0 Å². The van der Waals surface area contributed by atoms with Gasteiger partial charge in [0.25, 0.3) is 0 Å². The summed E-state index contributed by atoms with van der Waals surface area (Å²) in [4.78, 5) is 0. The van der Waals surface area contributed by atoms with Crippen LogP contribution in [0.2, 0.25) is 0 Å². The molecule has 6 heteroatoms. The minimum Gasteiger partial charge on any atom is -0.470 e. The molecule has 0 spiro atoms. The molecule has 0 saturated carbocycles. The first-order valence-corrected chi connectivity index (χ1v) is 5.23. The molecule has 0 aliphatic carbocycles. The molecule has 0 bridgehead atoms. The van der Waals surface area contributed by atoms with Crippen LogP contribution in [0.5, 0.6) is 0 Å². The normalized spacial score (nSPS) is 35.4. The van der Waals surface area contributed by atoms with Crippen molar-refractivity contribution in [1.82, 2.24) is 0 Å². The van der Waals surface area contributed by atoms with Crippen molar-refractivity contribution < 1.29 is 29.2 Å². The molecule has 0 radical (unpaired) electrons. The van der Waals surface area contributed by atoms with E-state index >= 15 is 0 Å². The fourth-order valence-corrected chi connectivity index (χ4v) is 1.76. The van der Waals surface area contributed by atoms with Crippen molar-refractivity contribution in [3.05, 3.63) is 11.8 Å². The minimum absolute atomic E-state index is 0.0621. The summed E-state index contributed by atoms with van der Waals surface area (Å²) in [5, 5.41) is 18.1. The van der Waals surface area contributed by atoms with E-state index in [0.29, 0.717) is 12.2 Å². The average Bonchev–Trinajstić information content (AvgIpc) is 2.60. The zero-order valence-electron chi connectivity index (χ0n) is 8.87. The van der Waals surface area contributed by atoms with Crippen molar-refractivity contribution >= 4 is 0 Å². The van der Waals surface area contributed by atoms with Crippen LogP contribution in [0.3, 0.4) is 0 Å². The predicted octanol–water partition coefficient (Wildman–Crippen LogP) is -0.641. The first-order valence-electron chi connectivity index (χ1n) is 5.23. The largest absolute Gasteiger partial charge is 0.470 e. The summed E-state index contributed by atoms with van der Waals surface area (Å²) in [5.74, 6) is 0.440. The Morgan fingerprint density at radius 1 is 1.19 bits per heavy atom. The number of fused-ring (bicyclic) bond motifs is 1. The molecular formula is C10H16O6. The zero-order chi connectivity index (χ0) is 11.4. The average molecular weight is 232 g/mol. The maximum atomic E-state index is 9.05.